The molecule has 2 aromatic rings. The van der Waals surface area contributed by atoms with Gasteiger partial charge in [0.2, 0.25) is 0 Å². The molecule has 3 fully saturated rings. The van der Waals surface area contributed by atoms with Gasteiger partial charge in [-0.3, -0.25) is 0 Å². The maximum atomic E-state index is 15.1. The van der Waals surface area contributed by atoms with Crippen molar-refractivity contribution in [1.82, 2.24) is 0 Å². The zero-order valence-corrected chi connectivity index (χ0v) is 20.5. The van der Waals surface area contributed by atoms with Gasteiger partial charge in [-0.15, -0.1) is 0 Å². The maximum absolute atomic E-state index is 15.1. The van der Waals surface area contributed by atoms with Crippen molar-refractivity contribution in [1.29, 1.82) is 0 Å². The van der Waals surface area contributed by atoms with E-state index in [0.717, 1.165) is 68.8 Å². The third-order valence-electron chi connectivity index (χ3n) is 9.55. The van der Waals surface area contributed by atoms with Crippen LogP contribution >= 0.6 is 0 Å². The standard InChI is InChI=1S/C31H39F3/c1-20-2-4-25(5-3-20)27-18-29(33)31(30(34)19-27)26-12-10-23(11-13-26)21-6-8-22(9-7-21)24-14-16-28(32)17-15-24/h14-23,25-26H,2-13H2,1H3. The molecule has 0 aliphatic heterocycles. The van der Waals surface area contributed by atoms with Crippen LogP contribution < -0.4 is 0 Å². The Labute approximate surface area is 203 Å². The van der Waals surface area contributed by atoms with Gasteiger partial charge in [0, 0.05) is 5.56 Å². The van der Waals surface area contributed by atoms with Gasteiger partial charge in [-0.1, -0.05) is 31.9 Å². The Hall–Kier alpha value is -1.77. The van der Waals surface area contributed by atoms with E-state index in [1.165, 1.54) is 31.2 Å². The van der Waals surface area contributed by atoms with Crippen LogP contribution in [0.25, 0.3) is 0 Å². The molecule has 3 aliphatic rings. The monoisotopic (exact) mass is 468 g/mol. The fourth-order valence-electron chi connectivity index (χ4n) is 7.36. The highest BCUT2D eigenvalue weighted by Crippen LogP contribution is 2.47. The molecule has 3 heteroatoms. The van der Waals surface area contributed by atoms with Crippen LogP contribution in [-0.4, -0.2) is 0 Å². The number of rotatable bonds is 4. The van der Waals surface area contributed by atoms with Gasteiger partial charge in [-0.25, -0.2) is 13.2 Å². The Morgan fingerprint density at radius 2 is 0.971 bits per heavy atom. The van der Waals surface area contributed by atoms with Crippen LogP contribution in [0.4, 0.5) is 13.2 Å². The molecular weight excluding hydrogens is 429 g/mol. The highest BCUT2D eigenvalue weighted by Gasteiger charge is 2.33. The molecule has 0 nitrogen and oxygen atoms in total. The Morgan fingerprint density at radius 1 is 0.529 bits per heavy atom. The van der Waals surface area contributed by atoms with Crippen LogP contribution in [0.3, 0.4) is 0 Å². The number of hydrogen-bond acceptors (Lipinski definition) is 0. The SMILES string of the molecule is CC1CCC(c2cc(F)c(C3CCC(C4CCC(c5ccc(F)cc5)CC4)CC3)c(F)c2)CC1. The van der Waals surface area contributed by atoms with E-state index in [1.54, 1.807) is 24.3 Å². The van der Waals surface area contributed by atoms with Crippen LogP contribution in [0, 0.1) is 35.2 Å². The summed E-state index contributed by atoms with van der Waals surface area (Å²) in [6.45, 7) is 2.27. The van der Waals surface area contributed by atoms with Crippen LogP contribution in [0.2, 0.25) is 0 Å². The minimum absolute atomic E-state index is 0.0206. The average molecular weight is 469 g/mol. The molecule has 0 radical (unpaired) electrons. The summed E-state index contributed by atoms with van der Waals surface area (Å²) < 4.78 is 43.5. The second-order valence-corrected chi connectivity index (χ2v) is 11.6. The summed E-state index contributed by atoms with van der Waals surface area (Å²) in [7, 11) is 0. The van der Waals surface area contributed by atoms with Crippen molar-refractivity contribution in [3.63, 3.8) is 0 Å². The number of hydrogen-bond donors (Lipinski definition) is 0. The molecule has 0 aromatic heterocycles. The van der Waals surface area contributed by atoms with E-state index in [4.69, 9.17) is 0 Å². The largest absolute Gasteiger partial charge is 0.207 e. The average Bonchev–Trinajstić information content (AvgIpc) is 2.85. The third-order valence-corrected chi connectivity index (χ3v) is 9.55. The predicted octanol–water partition coefficient (Wildman–Crippen LogP) is 9.65. The summed E-state index contributed by atoms with van der Waals surface area (Å²) in [6.07, 6.45) is 13.1. The fraction of sp³-hybridized carbons (Fsp3) is 0.613. The summed E-state index contributed by atoms with van der Waals surface area (Å²) in [4.78, 5) is 0. The van der Waals surface area contributed by atoms with Crippen LogP contribution in [0.1, 0.15) is 118 Å². The molecule has 0 spiro atoms. The zero-order chi connectivity index (χ0) is 23.7. The molecule has 0 saturated heterocycles. The van der Waals surface area contributed by atoms with Gasteiger partial charge in [0.1, 0.15) is 17.5 Å². The maximum Gasteiger partial charge on any atom is 0.129 e. The molecule has 184 valence electrons. The molecule has 5 rings (SSSR count). The topological polar surface area (TPSA) is 0 Å². The molecule has 34 heavy (non-hydrogen) atoms. The lowest BCUT2D eigenvalue weighted by Crippen LogP contribution is -2.25. The van der Waals surface area contributed by atoms with Gasteiger partial charge in [-0.2, -0.15) is 0 Å². The molecule has 0 heterocycles. The Morgan fingerprint density at radius 3 is 1.50 bits per heavy atom. The van der Waals surface area contributed by atoms with Crippen molar-refractivity contribution in [3.8, 4) is 0 Å². The minimum Gasteiger partial charge on any atom is -0.207 e. The van der Waals surface area contributed by atoms with Gasteiger partial charge >= 0.3 is 0 Å². The normalized spacial score (nSPS) is 32.5. The Kier molecular flexibility index (Phi) is 7.37. The molecule has 2 aromatic carbocycles. The van der Waals surface area contributed by atoms with Gasteiger partial charge < -0.3 is 0 Å². The number of benzene rings is 2. The molecule has 0 N–H and O–H groups in total. The molecule has 3 saturated carbocycles. The molecular formula is C31H39F3. The Bertz CT molecular complexity index is 918. The first-order chi connectivity index (χ1) is 16.5. The van der Waals surface area contributed by atoms with Crippen molar-refractivity contribution >= 4 is 0 Å². The fourth-order valence-corrected chi connectivity index (χ4v) is 7.36. The van der Waals surface area contributed by atoms with Gasteiger partial charge in [0.15, 0.2) is 0 Å². The Balaban J connectivity index is 1.16. The van der Waals surface area contributed by atoms with E-state index in [9.17, 15) is 4.39 Å². The van der Waals surface area contributed by atoms with Crippen molar-refractivity contribution in [2.24, 2.45) is 17.8 Å². The lowest BCUT2D eigenvalue weighted by atomic mass is 9.67. The molecule has 0 amide bonds. The van der Waals surface area contributed by atoms with E-state index in [2.05, 4.69) is 6.92 Å². The first-order valence-corrected chi connectivity index (χ1v) is 13.7. The van der Waals surface area contributed by atoms with Crippen molar-refractivity contribution in [2.45, 2.75) is 102 Å². The van der Waals surface area contributed by atoms with E-state index in [0.29, 0.717) is 23.3 Å². The van der Waals surface area contributed by atoms with E-state index in [-0.39, 0.29) is 23.4 Å². The third kappa shape index (κ3) is 5.24. The van der Waals surface area contributed by atoms with Gasteiger partial charge in [-0.05, 0) is 135 Å². The summed E-state index contributed by atoms with van der Waals surface area (Å²) in [5, 5.41) is 0. The smallest absolute Gasteiger partial charge is 0.129 e. The minimum atomic E-state index is -0.308. The van der Waals surface area contributed by atoms with Crippen LogP contribution in [0.5, 0.6) is 0 Å². The summed E-state index contributed by atoms with van der Waals surface area (Å²) >= 11 is 0. The van der Waals surface area contributed by atoms with Crippen molar-refractivity contribution < 1.29 is 13.2 Å². The summed E-state index contributed by atoms with van der Waals surface area (Å²) in [5.41, 5.74) is 2.49. The number of halogens is 3. The lowest BCUT2D eigenvalue weighted by molar-refractivity contribution is 0.175. The molecule has 0 unspecified atom stereocenters. The zero-order valence-electron chi connectivity index (χ0n) is 20.5. The second kappa shape index (κ2) is 10.5. The van der Waals surface area contributed by atoms with Gasteiger partial charge in [0.05, 0.1) is 0 Å². The van der Waals surface area contributed by atoms with E-state index >= 15 is 8.78 Å². The van der Waals surface area contributed by atoms with Gasteiger partial charge in [0.25, 0.3) is 0 Å². The van der Waals surface area contributed by atoms with Crippen molar-refractivity contribution in [2.75, 3.05) is 0 Å². The van der Waals surface area contributed by atoms with E-state index < -0.39 is 0 Å². The quantitative estimate of drug-likeness (QED) is 0.419. The van der Waals surface area contributed by atoms with Crippen LogP contribution in [-0.2, 0) is 0 Å². The first-order valence-electron chi connectivity index (χ1n) is 13.7. The highest BCUT2D eigenvalue weighted by atomic mass is 19.1. The summed E-state index contributed by atoms with van der Waals surface area (Å²) in [6, 6.07) is 10.3. The van der Waals surface area contributed by atoms with E-state index in [1.807, 2.05) is 12.1 Å². The van der Waals surface area contributed by atoms with Crippen LogP contribution in [0.15, 0.2) is 36.4 Å². The highest BCUT2D eigenvalue weighted by molar-refractivity contribution is 5.32. The second-order valence-electron chi connectivity index (χ2n) is 11.6. The summed E-state index contributed by atoms with van der Waals surface area (Å²) in [5.74, 6) is 2.24. The molecule has 3 aliphatic carbocycles. The lowest BCUT2D eigenvalue weighted by Gasteiger charge is -2.38. The predicted molar refractivity (Wildman–Crippen MR) is 133 cm³/mol. The molecule has 0 bridgehead atoms. The van der Waals surface area contributed by atoms with Crippen molar-refractivity contribution in [3.05, 3.63) is 70.5 Å². The first kappa shape index (κ1) is 23.9. The molecule has 0 atom stereocenters.